The van der Waals surface area contributed by atoms with Crippen molar-refractivity contribution in [2.75, 3.05) is 70.5 Å². The van der Waals surface area contributed by atoms with Gasteiger partial charge in [0.2, 0.25) is 0 Å². The van der Waals surface area contributed by atoms with Gasteiger partial charge in [-0.15, -0.1) is 0 Å². The van der Waals surface area contributed by atoms with Crippen molar-refractivity contribution in [3.8, 4) is 0 Å². The van der Waals surface area contributed by atoms with E-state index < -0.39 is 11.7 Å². The van der Waals surface area contributed by atoms with Gasteiger partial charge in [-0.1, -0.05) is 12.1 Å². The van der Waals surface area contributed by atoms with Gasteiger partial charge in [0.1, 0.15) is 0 Å². The molecule has 3 rings (SSSR count). The number of halogens is 3. The van der Waals surface area contributed by atoms with E-state index in [4.69, 9.17) is 4.74 Å². The lowest BCUT2D eigenvalue weighted by atomic mass is 10.1. The zero-order valence-electron chi connectivity index (χ0n) is 15.2. The average molecular weight is 386 g/mol. The molecular formula is C18H25F3N4O2. The number of hydrogen-bond donors (Lipinski definition) is 1. The molecule has 2 aliphatic rings. The Kier molecular flexibility index (Phi) is 6.43. The number of para-hydroxylation sites is 1. The molecule has 0 radical (unpaired) electrons. The molecule has 1 aromatic rings. The van der Waals surface area contributed by atoms with Crippen LogP contribution in [0.1, 0.15) is 5.56 Å². The minimum Gasteiger partial charge on any atom is -0.379 e. The third kappa shape index (κ3) is 5.26. The minimum atomic E-state index is -4.38. The Hall–Kier alpha value is -2.00. The van der Waals surface area contributed by atoms with Gasteiger partial charge < -0.3 is 19.9 Å². The van der Waals surface area contributed by atoms with E-state index in [0.29, 0.717) is 32.7 Å². The lowest BCUT2D eigenvalue weighted by molar-refractivity contribution is -0.137. The molecule has 0 saturated carbocycles. The van der Waals surface area contributed by atoms with Crippen molar-refractivity contribution in [2.45, 2.75) is 6.18 Å². The van der Waals surface area contributed by atoms with Crippen LogP contribution in [0.5, 0.6) is 0 Å². The summed E-state index contributed by atoms with van der Waals surface area (Å²) in [7, 11) is 0. The zero-order valence-corrected chi connectivity index (χ0v) is 15.2. The lowest BCUT2D eigenvalue weighted by Crippen LogP contribution is -2.53. The summed E-state index contributed by atoms with van der Waals surface area (Å²) in [4.78, 5) is 17.9. The van der Waals surface area contributed by atoms with E-state index >= 15 is 0 Å². The van der Waals surface area contributed by atoms with Crippen LogP contribution in [0.4, 0.5) is 23.7 Å². The molecule has 6 nitrogen and oxygen atoms in total. The standard InChI is InChI=1S/C18H25F3N4O2/c19-18(20,21)15-3-1-2-4-16(15)24-7-9-25(10-8-24)17(26)22-5-6-23-11-13-27-14-12-23/h1-4H,5-14H2,(H,22,26). The molecule has 2 amide bonds. The van der Waals surface area contributed by atoms with Crippen LogP contribution in [0.15, 0.2) is 24.3 Å². The monoisotopic (exact) mass is 386 g/mol. The summed E-state index contributed by atoms with van der Waals surface area (Å²) < 4.78 is 44.9. The van der Waals surface area contributed by atoms with E-state index in [1.807, 2.05) is 0 Å². The van der Waals surface area contributed by atoms with E-state index in [-0.39, 0.29) is 11.7 Å². The third-order valence-electron chi connectivity index (χ3n) is 4.92. The smallest absolute Gasteiger partial charge is 0.379 e. The van der Waals surface area contributed by atoms with E-state index in [1.54, 1.807) is 15.9 Å². The summed E-state index contributed by atoms with van der Waals surface area (Å²) in [5.74, 6) is 0. The van der Waals surface area contributed by atoms with Crippen LogP contribution in [0.2, 0.25) is 0 Å². The zero-order chi connectivity index (χ0) is 19.3. The number of amides is 2. The molecule has 2 saturated heterocycles. The Morgan fingerprint density at radius 2 is 1.70 bits per heavy atom. The molecule has 0 bridgehead atoms. The predicted octanol–water partition coefficient (Wildman–Crippen LogP) is 1.87. The molecule has 0 aromatic heterocycles. The number of nitrogens with one attached hydrogen (secondary N) is 1. The molecule has 2 fully saturated rings. The fraction of sp³-hybridized carbons (Fsp3) is 0.611. The van der Waals surface area contributed by atoms with Gasteiger partial charge in [-0.05, 0) is 12.1 Å². The van der Waals surface area contributed by atoms with Crippen molar-refractivity contribution in [1.29, 1.82) is 0 Å². The molecule has 27 heavy (non-hydrogen) atoms. The second kappa shape index (κ2) is 8.79. The number of urea groups is 1. The molecule has 0 atom stereocenters. The predicted molar refractivity (Wildman–Crippen MR) is 95.9 cm³/mol. The Morgan fingerprint density at radius 3 is 2.37 bits per heavy atom. The van der Waals surface area contributed by atoms with Gasteiger partial charge in [0.25, 0.3) is 0 Å². The van der Waals surface area contributed by atoms with E-state index in [1.165, 1.54) is 12.1 Å². The van der Waals surface area contributed by atoms with Gasteiger partial charge in [0.05, 0.1) is 18.8 Å². The summed E-state index contributed by atoms with van der Waals surface area (Å²) >= 11 is 0. The van der Waals surface area contributed by atoms with E-state index in [0.717, 1.165) is 38.9 Å². The Morgan fingerprint density at radius 1 is 1.04 bits per heavy atom. The summed E-state index contributed by atoms with van der Waals surface area (Å²) in [5, 5.41) is 2.90. The van der Waals surface area contributed by atoms with Crippen LogP contribution in [0.3, 0.4) is 0 Å². The maximum atomic E-state index is 13.2. The van der Waals surface area contributed by atoms with Crippen molar-refractivity contribution >= 4 is 11.7 Å². The van der Waals surface area contributed by atoms with Crippen LogP contribution in [-0.4, -0.2) is 81.4 Å². The highest BCUT2D eigenvalue weighted by molar-refractivity contribution is 5.74. The van der Waals surface area contributed by atoms with Crippen LogP contribution in [0, 0.1) is 0 Å². The molecule has 1 aromatic carbocycles. The number of anilines is 1. The second-order valence-corrected chi connectivity index (χ2v) is 6.67. The molecular weight excluding hydrogens is 361 g/mol. The Balaban J connectivity index is 1.47. The number of hydrogen-bond acceptors (Lipinski definition) is 4. The largest absolute Gasteiger partial charge is 0.418 e. The first-order chi connectivity index (χ1) is 12.9. The second-order valence-electron chi connectivity index (χ2n) is 6.67. The first-order valence-corrected chi connectivity index (χ1v) is 9.19. The number of nitrogens with zero attached hydrogens (tertiary/aromatic N) is 3. The van der Waals surface area contributed by atoms with Crippen molar-refractivity contribution in [2.24, 2.45) is 0 Å². The normalized spacial score (nSPS) is 19.2. The molecule has 0 unspecified atom stereocenters. The number of morpholine rings is 1. The molecule has 0 aliphatic carbocycles. The maximum absolute atomic E-state index is 13.2. The van der Waals surface area contributed by atoms with Crippen LogP contribution in [0.25, 0.3) is 0 Å². The number of alkyl halides is 3. The molecule has 2 heterocycles. The highest BCUT2D eigenvalue weighted by atomic mass is 19.4. The van der Waals surface area contributed by atoms with Crippen molar-refractivity contribution in [3.63, 3.8) is 0 Å². The van der Waals surface area contributed by atoms with E-state index in [9.17, 15) is 18.0 Å². The summed E-state index contributed by atoms with van der Waals surface area (Å²) in [6, 6.07) is 5.42. The van der Waals surface area contributed by atoms with Crippen molar-refractivity contribution < 1.29 is 22.7 Å². The minimum absolute atomic E-state index is 0.160. The number of ether oxygens (including phenoxy) is 1. The SMILES string of the molecule is O=C(NCCN1CCOCC1)N1CCN(c2ccccc2C(F)(F)F)CC1. The van der Waals surface area contributed by atoms with Crippen LogP contribution in [-0.2, 0) is 10.9 Å². The number of carbonyl (C=O) groups excluding carboxylic acids is 1. The summed E-state index contributed by atoms with van der Waals surface area (Å²) in [6.45, 7) is 6.05. The van der Waals surface area contributed by atoms with Gasteiger partial charge in [0, 0.05) is 58.0 Å². The maximum Gasteiger partial charge on any atom is 0.418 e. The molecule has 2 aliphatic heterocycles. The fourth-order valence-electron chi connectivity index (χ4n) is 3.40. The van der Waals surface area contributed by atoms with Gasteiger partial charge in [-0.3, -0.25) is 4.90 Å². The molecule has 9 heteroatoms. The van der Waals surface area contributed by atoms with Gasteiger partial charge in [0.15, 0.2) is 0 Å². The van der Waals surface area contributed by atoms with E-state index in [2.05, 4.69) is 10.2 Å². The first-order valence-electron chi connectivity index (χ1n) is 9.19. The average Bonchev–Trinajstić information content (AvgIpc) is 2.68. The number of benzene rings is 1. The quantitative estimate of drug-likeness (QED) is 0.858. The number of carbonyl (C=O) groups is 1. The van der Waals surface area contributed by atoms with Crippen molar-refractivity contribution in [3.05, 3.63) is 29.8 Å². The van der Waals surface area contributed by atoms with Crippen molar-refractivity contribution in [1.82, 2.24) is 15.1 Å². The topological polar surface area (TPSA) is 48.1 Å². The summed E-state index contributed by atoms with van der Waals surface area (Å²) in [6.07, 6.45) is -4.38. The van der Waals surface area contributed by atoms with Crippen LogP contribution < -0.4 is 10.2 Å². The highest BCUT2D eigenvalue weighted by Gasteiger charge is 2.35. The molecule has 0 spiro atoms. The highest BCUT2D eigenvalue weighted by Crippen LogP contribution is 2.36. The number of piperazine rings is 1. The molecule has 1 N–H and O–H groups in total. The Bertz CT molecular complexity index is 627. The van der Waals surface area contributed by atoms with Gasteiger partial charge in [-0.25, -0.2) is 4.79 Å². The lowest BCUT2D eigenvalue weighted by Gasteiger charge is -2.37. The van der Waals surface area contributed by atoms with Crippen LogP contribution >= 0.6 is 0 Å². The van der Waals surface area contributed by atoms with Gasteiger partial charge in [-0.2, -0.15) is 13.2 Å². The first kappa shape index (κ1) is 19.8. The summed E-state index contributed by atoms with van der Waals surface area (Å²) in [5.41, 5.74) is -0.453. The fourth-order valence-corrected chi connectivity index (χ4v) is 3.40. The van der Waals surface area contributed by atoms with Gasteiger partial charge >= 0.3 is 12.2 Å². The Labute approximate surface area is 156 Å². The third-order valence-corrected chi connectivity index (χ3v) is 4.92. The number of rotatable bonds is 4. The molecule has 150 valence electrons.